The number of carbonyl (C=O) groups excluding carboxylic acids is 2. The lowest BCUT2D eigenvalue weighted by Crippen LogP contribution is -2.53. The van der Waals surface area contributed by atoms with E-state index < -0.39 is 36.0 Å². The van der Waals surface area contributed by atoms with Crippen LogP contribution in [0.15, 0.2) is 41.8 Å². The van der Waals surface area contributed by atoms with E-state index in [1.54, 1.807) is 18.7 Å². The number of nitrogens with zero attached hydrogens (tertiary/aromatic N) is 2. The monoisotopic (exact) mass is 426 g/mol. The number of amides is 2. The smallest absolute Gasteiger partial charge is 0.257 e. The van der Waals surface area contributed by atoms with Gasteiger partial charge >= 0.3 is 0 Å². The molecule has 0 bridgehead atoms. The van der Waals surface area contributed by atoms with Gasteiger partial charge in [0.2, 0.25) is 12.3 Å². The number of rotatable bonds is 8. The lowest BCUT2D eigenvalue weighted by Gasteiger charge is -2.41. The Bertz CT molecular complexity index is 812. The van der Waals surface area contributed by atoms with E-state index in [4.69, 9.17) is 0 Å². The molecular weight excluding hydrogens is 401 g/mol. The molecule has 7 nitrogen and oxygen atoms in total. The van der Waals surface area contributed by atoms with E-state index in [9.17, 15) is 27.9 Å². The number of likely N-dealkylation sites (tertiary alicyclic amines) is 1. The van der Waals surface area contributed by atoms with Gasteiger partial charge in [0.1, 0.15) is 11.6 Å². The summed E-state index contributed by atoms with van der Waals surface area (Å²) in [5, 5.41) is 14.1. The van der Waals surface area contributed by atoms with E-state index in [-0.39, 0.29) is 31.1 Å². The van der Waals surface area contributed by atoms with Crippen molar-refractivity contribution in [2.45, 2.75) is 32.2 Å². The van der Waals surface area contributed by atoms with Gasteiger partial charge in [-0.05, 0) is 37.1 Å². The van der Waals surface area contributed by atoms with E-state index in [1.807, 2.05) is 0 Å². The van der Waals surface area contributed by atoms with Crippen LogP contribution in [0.3, 0.4) is 0 Å². The van der Waals surface area contributed by atoms with Crippen molar-refractivity contribution in [2.75, 3.05) is 25.0 Å². The first-order chi connectivity index (χ1) is 14.2. The molecule has 1 saturated heterocycles. The average Bonchev–Trinajstić information content (AvgIpc) is 2.72. The third kappa shape index (κ3) is 6.14. The molecule has 1 aliphatic heterocycles. The van der Waals surface area contributed by atoms with Crippen LogP contribution < -0.4 is 10.6 Å². The summed E-state index contributed by atoms with van der Waals surface area (Å²) in [5.74, 6) is -5.20. The van der Waals surface area contributed by atoms with E-state index in [0.717, 1.165) is 12.3 Å². The second-order valence-corrected chi connectivity index (χ2v) is 7.16. The summed E-state index contributed by atoms with van der Waals surface area (Å²) in [4.78, 5) is 28.6. The minimum atomic E-state index is -3.06. The Kier molecular flexibility index (Phi) is 8.13. The van der Waals surface area contributed by atoms with Crippen LogP contribution in [0.4, 0.5) is 19.0 Å². The fourth-order valence-corrected chi connectivity index (χ4v) is 3.18. The SMILES string of the molecule is C/C(=C\C(=C/NC=O)C1CN(C(C)C(=O)Nc2ccc(F)cn2)CCC1(F)F)CO. The number of aliphatic hydroxyl groups excluding tert-OH is 1. The molecule has 3 N–H and O–H groups in total. The predicted octanol–water partition coefficient (Wildman–Crippen LogP) is 2.07. The third-order valence-electron chi connectivity index (χ3n) is 4.95. The molecule has 0 aliphatic carbocycles. The van der Waals surface area contributed by atoms with E-state index in [2.05, 4.69) is 15.6 Å². The number of allylic oxidation sites excluding steroid dienone is 1. The highest BCUT2D eigenvalue weighted by Gasteiger charge is 2.46. The van der Waals surface area contributed by atoms with E-state index in [1.165, 1.54) is 18.3 Å². The van der Waals surface area contributed by atoms with Crippen LogP contribution in [0.25, 0.3) is 0 Å². The molecule has 1 fully saturated rings. The first-order valence-corrected chi connectivity index (χ1v) is 9.40. The van der Waals surface area contributed by atoms with Crippen molar-refractivity contribution in [3.05, 3.63) is 47.6 Å². The van der Waals surface area contributed by atoms with Gasteiger partial charge in [-0.1, -0.05) is 6.08 Å². The molecule has 30 heavy (non-hydrogen) atoms. The number of hydrogen-bond acceptors (Lipinski definition) is 5. The van der Waals surface area contributed by atoms with Crippen molar-refractivity contribution in [1.82, 2.24) is 15.2 Å². The summed E-state index contributed by atoms with van der Waals surface area (Å²) in [6.45, 7) is 2.70. The van der Waals surface area contributed by atoms with Gasteiger partial charge < -0.3 is 15.7 Å². The minimum Gasteiger partial charge on any atom is -0.392 e. The summed E-state index contributed by atoms with van der Waals surface area (Å²) >= 11 is 0. The first kappa shape index (κ1) is 23.6. The zero-order valence-corrected chi connectivity index (χ0v) is 16.7. The van der Waals surface area contributed by atoms with Crippen molar-refractivity contribution in [1.29, 1.82) is 0 Å². The Morgan fingerprint density at radius 3 is 2.80 bits per heavy atom. The first-order valence-electron chi connectivity index (χ1n) is 9.40. The minimum absolute atomic E-state index is 0.00792. The molecule has 2 amide bonds. The Labute approximate surface area is 172 Å². The Balaban J connectivity index is 2.19. The number of halogens is 3. The Morgan fingerprint density at radius 1 is 1.47 bits per heavy atom. The Hall–Kier alpha value is -2.72. The molecule has 1 aliphatic rings. The van der Waals surface area contributed by atoms with Gasteiger partial charge in [0.05, 0.1) is 24.8 Å². The van der Waals surface area contributed by atoms with Gasteiger partial charge in [0.15, 0.2) is 0 Å². The maximum atomic E-state index is 14.7. The molecule has 0 aromatic carbocycles. The summed E-state index contributed by atoms with van der Waals surface area (Å²) < 4.78 is 42.4. The molecule has 1 aromatic heterocycles. The Morgan fingerprint density at radius 2 is 2.20 bits per heavy atom. The second-order valence-electron chi connectivity index (χ2n) is 7.16. The fraction of sp³-hybridized carbons (Fsp3) is 0.450. The number of aromatic nitrogens is 1. The van der Waals surface area contributed by atoms with Crippen molar-refractivity contribution < 1.29 is 27.9 Å². The molecule has 2 rings (SSSR count). The number of pyridine rings is 1. The van der Waals surface area contributed by atoms with Gasteiger partial charge in [-0.25, -0.2) is 18.2 Å². The van der Waals surface area contributed by atoms with Gasteiger partial charge in [0.25, 0.3) is 5.92 Å². The summed E-state index contributed by atoms with van der Waals surface area (Å²) in [5.41, 5.74) is 0.603. The number of hydrogen-bond donors (Lipinski definition) is 3. The zero-order valence-electron chi connectivity index (χ0n) is 16.7. The molecule has 0 radical (unpaired) electrons. The number of nitrogens with one attached hydrogen (secondary N) is 2. The zero-order chi connectivity index (χ0) is 22.3. The lowest BCUT2D eigenvalue weighted by molar-refractivity contribution is -0.128. The van der Waals surface area contributed by atoms with Crippen molar-refractivity contribution in [3.63, 3.8) is 0 Å². The summed E-state index contributed by atoms with van der Waals surface area (Å²) in [6, 6.07) is 1.71. The van der Waals surface area contributed by atoms with Crippen LogP contribution >= 0.6 is 0 Å². The van der Waals surface area contributed by atoms with Gasteiger partial charge in [-0.3, -0.25) is 14.5 Å². The normalized spacial score (nSPS) is 21.1. The van der Waals surface area contributed by atoms with Crippen molar-refractivity contribution in [2.24, 2.45) is 5.92 Å². The standard InChI is InChI=1S/C20H25F3N4O3/c1-13(11-28)7-15(8-24-12-29)17-10-27(6-5-20(17,22)23)14(2)19(30)26-18-4-3-16(21)9-25-18/h3-4,7-9,12,14,17,28H,5-6,10-11H2,1-2H3,(H,24,29)(H,25,26,30)/b13-7+,15-8+. The van der Waals surface area contributed by atoms with Crippen LogP contribution in [0.1, 0.15) is 20.3 Å². The van der Waals surface area contributed by atoms with E-state index in [0.29, 0.717) is 12.0 Å². The number of carbonyl (C=O) groups is 2. The highest BCUT2D eigenvalue weighted by Crippen LogP contribution is 2.39. The average molecular weight is 426 g/mol. The maximum Gasteiger partial charge on any atom is 0.257 e. The molecule has 0 spiro atoms. The topological polar surface area (TPSA) is 94.6 Å². The number of alkyl halides is 2. The predicted molar refractivity (Wildman–Crippen MR) is 105 cm³/mol. The third-order valence-corrected chi connectivity index (χ3v) is 4.95. The summed E-state index contributed by atoms with van der Waals surface area (Å²) in [6.07, 6.45) is 3.44. The van der Waals surface area contributed by atoms with Crippen LogP contribution in [-0.2, 0) is 9.59 Å². The number of piperidine rings is 1. The number of aliphatic hydroxyl groups is 1. The van der Waals surface area contributed by atoms with Gasteiger partial charge in [0, 0.05) is 25.7 Å². The van der Waals surface area contributed by atoms with Crippen LogP contribution in [-0.4, -0.2) is 59.0 Å². The molecule has 2 atom stereocenters. The molecular formula is C20H25F3N4O3. The fourth-order valence-electron chi connectivity index (χ4n) is 3.18. The van der Waals surface area contributed by atoms with E-state index >= 15 is 0 Å². The van der Waals surface area contributed by atoms with Crippen molar-refractivity contribution in [3.8, 4) is 0 Å². The van der Waals surface area contributed by atoms with Crippen molar-refractivity contribution >= 4 is 18.1 Å². The molecule has 2 heterocycles. The van der Waals surface area contributed by atoms with Crippen LogP contribution in [0.5, 0.6) is 0 Å². The second kappa shape index (κ2) is 10.4. The number of anilines is 1. The molecule has 0 saturated carbocycles. The molecule has 1 aromatic rings. The van der Waals surface area contributed by atoms with Gasteiger partial charge in [-0.15, -0.1) is 0 Å². The quantitative estimate of drug-likeness (QED) is 0.437. The van der Waals surface area contributed by atoms with Gasteiger partial charge in [-0.2, -0.15) is 0 Å². The van der Waals surface area contributed by atoms with Crippen LogP contribution in [0, 0.1) is 11.7 Å². The highest BCUT2D eigenvalue weighted by atomic mass is 19.3. The van der Waals surface area contributed by atoms with Crippen LogP contribution in [0.2, 0.25) is 0 Å². The molecule has 2 unspecified atom stereocenters. The maximum absolute atomic E-state index is 14.7. The lowest BCUT2D eigenvalue weighted by atomic mass is 9.85. The summed E-state index contributed by atoms with van der Waals surface area (Å²) in [7, 11) is 0. The largest absolute Gasteiger partial charge is 0.392 e. The molecule has 164 valence electrons. The highest BCUT2D eigenvalue weighted by molar-refractivity contribution is 5.93. The molecule has 10 heteroatoms.